The van der Waals surface area contributed by atoms with Crippen LogP contribution in [0.1, 0.15) is 10.4 Å². The Morgan fingerprint density at radius 2 is 2.23 bits per heavy atom. The highest BCUT2D eigenvalue weighted by Crippen LogP contribution is 2.30. The van der Waals surface area contributed by atoms with Gasteiger partial charge < -0.3 is 0 Å². The normalized spacial score (nSPS) is 10.9. The molecule has 1 aromatic carbocycles. The molecule has 0 aliphatic carbocycles. The van der Waals surface area contributed by atoms with Crippen LogP contribution in [0.5, 0.6) is 0 Å². The summed E-state index contributed by atoms with van der Waals surface area (Å²) in [6.07, 6.45) is 2.15. The molecule has 2 heteroatoms. The van der Waals surface area contributed by atoms with E-state index < -0.39 is 0 Å². The summed E-state index contributed by atoms with van der Waals surface area (Å²) in [4.78, 5) is 1.48. The molecule has 0 radical (unpaired) electrons. The number of thiophene rings is 1. The Morgan fingerprint density at radius 1 is 1.38 bits per heavy atom. The zero-order valence-corrected chi connectivity index (χ0v) is 9.47. The van der Waals surface area contributed by atoms with E-state index in [0.717, 1.165) is 5.75 Å². The zero-order valence-electron chi connectivity index (χ0n) is 7.83. The zero-order chi connectivity index (χ0) is 9.26. The maximum Gasteiger partial charge on any atom is 0.0375 e. The average molecular weight is 208 g/mol. The molecule has 0 spiro atoms. The van der Waals surface area contributed by atoms with E-state index in [4.69, 9.17) is 0 Å². The van der Waals surface area contributed by atoms with Gasteiger partial charge in [0.1, 0.15) is 0 Å². The molecule has 0 fully saturated rings. The molecule has 0 aliphatic rings. The summed E-state index contributed by atoms with van der Waals surface area (Å²) < 4.78 is 1.45. The Bertz CT molecular complexity index is 415. The minimum absolute atomic E-state index is 1.14. The van der Waals surface area contributed by atoms with Gasteiger partial charge in [0.15, 0.2) is 0 Å². The van der Waals surface area contributed by atoms with Crippen molar-refractivity contribution in [1.29, 1.82) is 0 Å². The van der Waals surface area contributed by atoms with Gasteiger partial charge in [-0.2, -0.15) is 11.8 Å². The fourth-order valence-electron chi connectivity index (χ4n) is 1.48. The van der Waals surface area contributed by atoms with Crippen molar-refractivity contribution in [3.63, 3.8) is 0 Å². The van der Waals surface area contributed by atoms with E-state index in [1.54, 1.807) is 0 Å². The molecule has 0 bridgehead atoms. The van der Waals surface area contributed by atoms with Crippen molar-refractivity contribution in [2.24, 2.45) is 0 Å². The van der Waals surface area contributed by atoms with Crippen LogP contribution in [0.2, 0.25) is 0 Å². The Morgan fingerprint density at radius 3 is 2.92 bits per heavy atom. The molecule has 1 aromatic heterocycles. The van der Waals surface area contributed by atoms with Gasteiger partial charge in [0.25, 0.3) is 0 Å². The highest BCUT2D eigenvalue weighted by atomic mass is 32.2. The van der Waals surface area contributed by atoms with Crippen molar-refractivity contribution in [3.05, 3.63) is 34.7 Å². The van der Waals surface area contributed by atoms with Gasteiger partial charge in [0.05, 0.1) is 0 Å². The van der Waals surface area contributed by atoms with Crippen molar-refractivity contribution in [2.75, 3.05) is 6.26 Å². The van der Waals surface area contributed by atoms with Crippen LogP contribution in [0.4, 0.5) is 0 Å². The molecule has 0 amide bonds. The molecule has 68 valence electrons. The quantitative estimate of drug-likeness (QED) is 0.717. The number of hydrogen-bond donors (Lipinski definition) is 0. The van der Waals surface area contributed by atoms with Gasteiger partial charge in [-0.3, -0.25) is 0 Å². The SMILES string of the molecule is CSCc1cc2cccc(C)c2s1. The Balaban J connectivity index is 2.55. The molecular weight excluding hydrogens is 196 g/mol. The fraction of sp³-hybridized carbons (Fsp3) is 0.273. The van der Waals surface area contributed by atoms with E-state index in [0.29, 0.717) is 0 Å². The summed E-state index contributed by atoms with van der Waals surface area (Å²) in [7, 11) is 0. The lowest BCUT2D eigenvalue weighted by Gasteiger charge is -1.91. The van der Waals surface area contributed by atoms with E-state index in [2.05, 4.69) is 37.4 Å². The summed E-state index contributed by atoms with van der Waals surface area (Å²) in [5.41, 5.74) is 1.40. The number of benzene rings is 1. The predicted octanol–water partition coefficient (Wildman–Crippen LogP) is 4.07. The van der Waals surface area contributed by atoms with E-state index in [1.807, 2.05) is 23.1 Å². The number of hydrogen-bond acceptors (Lipinski definition) is 2. The van der Waals surface area contributed by atoms with Crippen LogP contribution >= 0.6 is 23.1 Å². The van der Waals surface area contributed by atoms with Gasteiger partial charge in [-0.25, -0.2) is 0 Å². The van der Waals surface area contributed by atoms with E-state index in [-0.39, 0.29) is 0 Å². The number of fused-ring (bicyclic) bond motifs is 1. The van der Waals surface area contributed by atoms with Gasteiger partial charge >= 0.3 is 0 Å². The third kappa shape index (κ3) is 1.74. The van der Waals surface area contributed by atoms with Crippen molar-refractivity contribution in [1.82, 2.24) is 0 Å². The van der Waals surface area contributed by atoms with Gasteiger partial charge in [0.2, 0.25) is 0 Å². The molecule has 13 heavy (non-hydrogen) atoms. The molecular formula is C11H12S2. The van der Waals surface area contributed by atoms with Crippen LogP contribution in [0.3, 0.4) is 0 Å². The minimum Gasteiger partial charge on any atom is -0.160 e. The summed E-state index contributed by atoms with van der Waals surface area (Å²) in [5, 5.41) is 1.40. The Kier molecular flexibility index (Phi) is 2.61. The third-order valence-electron chi connectivity index (χ3n) is 2.08. The first kappa shape index (κ1) is 9.10. The minimum atomic E-state index is 1.14. The van der Waals surface area contributed by atoms with E-state index in [9.17, 15) is 0 Å². The Hall–Kier alpha value is -0.470. The van der Waals surface area contributed by atoms with Crippen molar-refractivity contribution in [2.45, 2.75) is 12.7 Å². The Labute approximate surface area is 87.0 Å². The van der Waals surface area contributed by atoms with Gasteiger partial charge in [-0.05, 0) is 30.2 Å². The largest absolute Gasteiger partial charge is 0.160 e. The van der Waals surface area contributed by atoms with Crippen LogP contribution in [0.15, 0.2) is 24.3 Å². The van der Waals surface area contributed by atoms with Gasteiger partial charge in [-0.15, -0.1) is 11.3 Å². The van der Waals surface area contributed by atoms with Crippen LogP contribution < -0.4 is 0 Å². The van der Waals surface area contributed by atoms with Gasteiger partial charge in [-0.1, -0.05) is 18.2 Å². The first-order valence-corrected chi connectivity index (χ1v) is 6.49. The second-order valence-corrected chi connectivity index (χ2v) is 5.14. The summed E-state index contributed by atoms with van der Waals surface area (Å²) in [6, 6.07) is 8.82. The maximum atomic E-state index is 2.31. The predicted molar refractivity (Wildman–Crippen MR) is 63.8 cm³/mol. The summed E-state index contributed by atoms with van der Waals surface area (Å²) >= 11 is 3.81. The van der Waals surface area contributed by atoms with Gasteiger partial charge in [0, 0.05) is 15.3 Å². The molecule has 0 atom stereocenters. The number of rotatable bonds is 2. The van der Waals surface area contributed by atoms with Crippen LogP contribution in [-0.2, 0) is 5.75 Å². The maximum absolute atomic E-state index is 2.31. The molecule has 0 N–H and O–H groups in total. The lowest BCUT2D eigenvalue weighted by Crippen LogP contribution is -1.68. The summed E-state index contributed by atoms with van der Waals surface area (Å²) in [6.45, 7) is 2.18. The highest BCUT2D eigenvalue weighted by molar-refractivity contribution is 7.97. The summed E-state index contributed by atoms with van der Waals surface area (Å²) in [5.74, 6) is 1.14. The second kappa shape index (κ2) is 3.72. The molecule has 0 nitrogen and oxygen atoms in total. The molecule has 2 aromatic rings. The van der Waals surface area contributed by atoms with Crippen molar-refractivity contribution in [3.8, 4) is 0 Å². The third-order valence-corrected chi connectivity index (χ3v) is 4.15. The standard InChI is InChI=1S/C11H12S2/c1-8-4-3-5-9-6-10(7-12-2)13-11(8)9/h3-6H,7H2,1-2H3. The van der Waals surface area contributed by atoms with Crippen LogP contribution in [0, 0.1) is 6.92 Å². The average Bonchev–Trinajstić information content (AvgIpc) is 2.49. The topological polar surface area (TPSA) is 0 Å². The highest BCUT2D eigenvalue weighted by Gasteiger charge is 2.02. The molecule has 0 aliphatic heterocycles. The lowest BCUT2D eigenvalue weighted by molar-refractivity contribution is 1.55. The van der Waals surface area contributed by atoms with Crippen LogP contribution in [0.25, 0.3) is 10.1 Å². The molecule has 0 unspecified atom stereocenters. The number of thioether (sulfide) groups is 1. The number of aryl methyl sites for hydroxylation is 1. The van der Waals surface area contributed by atoms with E-state index >= 15 is 0 Å². The molecule has 0 saturated heterocycles. The van der Waals surface area contributed by atoms with Crippen molar-refractivity contribution >= 4 is 33.2 Å². The first-order chi connectivity index (χ1) is 6.31. The lowest BCUT2D eigenvalue weighted by atomic mass is 10.2. The fourth-order valence-corrected chi connectivity index (χ4v) is 3.35. The first-order valence-electron chi connectivity index (χ1n) is 4.28. The molecule has 0 saturated carbocycles. The second-order valence-electron chi connectivity index (χ2n) is 3.14. The van der Waals surface area contributed by atoms with E-state index in [1.165, 1.54) is 20.5 Å². The monoisotopic (exact) mass is 208 g/mol. The molecule has 2 rings (SSSR count). The van der Waals surface area contributed by atoms with Crippen LogP contribution in [-0.4, -0.2) is 6.26 Å². The smallest absolute Gasteiger partial charge is 0.0375 e. The van der Waals surface area contributed by atoms with Crippen molar-refractivity contribution < 1.29 is 0 Å². The molecule has 1 heterocycles.